The van der Waals surface area contributed by atoms with Crippen molar-refractivity contribution in [2.75, 3.05) is 7.11 Å². The molecule has 1 amide bonds. The average Bonchev–Trinajstić information content (AvgIpc) is 2.59. The molecule has 0 unspecified atom stereocenters. The number of benzene rings is 2. The Kier molecular flexibility index (Phi) is 6.14. The van der Waals surface area contributed by atoms with Crippen LogP contribution in [0.25, 0.3) is 6.08 Å². The van der Waals surface area contributed by atoms with E-state index in [2.05, 4.69) is 15.9 Å². The van der Waals surface area contributed by atoms with Crippen molar-refractivity contribution in [3.63, 3.8) is 0 Å². The Hall–Kier alpha value is -2.85. The Balaban J connectivity index is 2.29. The number of methoxy groups -OCH3 is 1. The van der Waals surface area contributed by atoms with E-state index in [0.29, 0.717) is 21.5 Å². The molecule has 0 fully saturated rings. The lowest BCUT2D eigenvalue weighted by atomic mass is 10.1. The van der Waals surface area contributed by atoms with Gasteiger partial charge in [0, 0.05) is 0 Å². The minimum Gasteiger partial charge on any atom is -0.493 e. The summed E-state index contributed by atoms with van der Waals surface area (Å²) in [5.41, 5.74) is 6.30. The molecule has 2 rings (SSSR count). The van der Waals surface area contributed by atoms with Gasteiger partial charge in [-0.05, 0) is 57.4 Å². The van der Waals surface area contributed by atoms with Gasteiger partial charge in [0.2, 0.25) is 0 Å². The van der Waals surface area contributed by atoms with Gasteiger partial charge in [0.25, 0.3) is 5.91 Å². The van der Waals surface area contributed by atoms with Crippen molar-refractivity contribution in [3.8, 4) is 17.6 Å². The van der Waals surface area contributed by atoms with Crippen LogP contribution in [0.4, 0.5) is 4.39 Å². The van der Waals surface area contributed by atoms with Crippen LogP contribution in [0.2, 0.25) is 0 Å². The highest BCUT2D eigenvalue weighted by Crippen LogP contribution is 2.37. The van der Waals surface area contributed by atoms with E-state index in [1.54, 1.807) is 30.3 Å². The van der Waals surface area contributed by atoms with Crippen LogP contribution < -0.4 is 15.2 Å². The molecule has 0 heterocycles. The van der Waals surface area contributed by atoms with E-state index in [1.807, 2.05) is 0 Å². The number of carbonyl (C=O) groups excluding carboxylic acids is 1. The summed E-state index contributed by atoms with van der Waals surface area (Å²) >= 11 is 3.38. The molecule has 0 bridgehead atoms. The van der Waals surface area contributed by atoms with Crippen LogP contribution in [0.5, 0.6) is 11.5 Å². The standard InChI is InChI=1S/C18H14BrFN2O3/c1-24-16-8-12(6-13(9-21)18(22)23)7-15(19)17(16)25-10-11-2-4-14(20)5-3-11/h2-8H,10H2,1H3,(H2,22,23). The van der Waals surface area contributed by atoms with E-state index >= 15 is 0 Å². The molecule has 25 heavy (non-hydrogen) atoms. The quantitative estimate of drug-likeness (QED) is 0.588. The lowest BCUT2D eigenvalue weighted by Crippen LogP contribution is -2.12. The molecule has 0 spiro atoms. The van der Waals surface area contributed by atoms with E-state index in [1.165, 1.54) is 25.3 Å². The third kappa shape index (κ3) is 4.81. The molecule has 2 aromatic rings. The first kappa shape index (κ1) is 18.5. The number of hydrogen-bond donors (Lipinski definition) is 1. The lowest BCUT2D eigenvalue weighted by molar-refractivity contribution is -0.114. The summed E-state index contributed by atoms with van der Waals surface area (Å²) in [6.45, 7) is 0.217. The fourth-order valence-electron chi connectivity index (χ4n) is 2.02. The second kappa shape index (κ2) is 8.31. The molecule has 5 nitrogen and oxygen atoms in total. The van der Waals surface area contributed by atoms with Crippen LogP contribution in [0.1, 0.15) is 11.1 Å². The maximum absolute atomic E-state index is 12.9. The minimum atomic E-state index is -0.811. The number of amides is 1. The number of ether oxygens (including phenoxy) is 2. The summed E-state index contributed by atoms with van der Waals surface area (Å²) in [6, 6.07) is 11.0. The highest BCUT2D eigenvalue weighted by Gasteiger charge is 2.13. The summed E-state index contributed by atoms with van der Waals surface area (Å²) in [5, 5.41) is 8.92. The molecule has 2 N–H and O–H groups in total. The summed E-state index contributed by atoms with van der Waals surface area (Å²) in [7, 11) is 1.47. The zero-order valence-electron chi connectivity index (χ0n) is 13.3. The molecule has 0 saturated heterocycles. The zero-order chi connectivity index (χ0) is 18.4. The maximum Gasteiger partial charge on any atom is 0.259 e. The van der Waals surface area contributed by atoms with Crippen LogP contribution in [0.15, 0.2) is 46.4 Å². The first-order valence-electron chi connectivity index (χ1n) is 7.11. The van der Waals surface area contributed by atoms with Crippen molar-refractivity contribution in [2.45, 2.75) is 6.61 Å². The molecule has 128 valence electrons. The number of rotatable bonds is 6. The average molecular weight is 405 g/mol. The monoisotopic (exact) mass is 404 g/mol. The van der Waals surface area contributed by atoms with Crippen molar-refractivity contribution < 1.29 is 18.7 Å². The SMILES string of the molecule is COc1cc(C=C(C#N)C(N)=O)cc(Br)c1OCc1ccc(F)cc1. The van der Waals surface area contributed by atoms with Crippen molar-refractivity contribution >= 4 is 27.9 Å². The van der Waals surface area contributed by atoms with Crippen molar-refractivity contribution in [3.05, 3.63) is 63.4 Å². The summed E-state index contributed by atoms with van der Waals surface area (Å²) in [5.74, 6) is -0.276. The van der Waals surface area contributed by atoms with Gasteiger partial charge in [0.05, 0.1) is 11.6 Å². The van der Waals surface area contributed by atoms with E-state index in [-0.39, 0.29) is 18.0 Å². The third-order valence-electron chi connectivity index (χ3n) is 3.25. The number of nitriles is 1. The van der Waals surface area contributed by atoms with Gasteiger partial charge in [-0.2, -0.15) is 5.26 Å². The van der Waals surface area contributed by atoms with Gasteiger partial charge in [-0.25, -0.2) is 4.39 Å². The topological polar surface area (TPSA) is 85.3 Å². The van der Waals surface area contributed by atoms with Gasteiger partial charge in [0.1, 0.15) is 24.1 Å². The fourth-order valence-corrected chi connectivity index (χ4v) is 2.60. The zero-order valence-corrected chi connectivity index (χ0v) is 14.8. The number of nitrogens with zero attached hydrogens (tertiary/aromatic N) is 1. The van der Waals surface area contributed by atoms with Crippen LogP contribution in [-0.4, -0.2) is 13.0 Å². The van der Waals surface area contributed by atoms with Gasteiger partial charge in [-0.3, -0.25) is 4.79 Å². The van der Waals surface area contributed by atoms with Crippen LogP contribution in [0, 0.1) is 17.1 Å². The van der Waals surface area contributed by atoms with Gasteiger partial charge in [-0.15, -0.1) is 0 Å². The Morgan fingerprint density at radius 1 is 1.36 bits per heavy atom. The van der Waals surface area contributed by atoms with Crippen molar-refractivity contribution in [2.24, 2.45) is 5.73 Å². The third-order valence-corrected chi connectivity index (χ3v) is 3.83. The van der Waals surface area contributed by atoms with Gasteiger partial charge in [0.15, 0.2) is 11.5 Å². The number of nitrogens with two attached hydrogens (primary N) is 1. The molecule has 0 aromatic heterocycles. The first-order valence-corrected chi connectivity index (χ1v) is 7.90. The minimum absolute atomic E-state index is 0.172. The molecule has 0 aliphatic carbocycles. The normalized spacial score (nSPS) is 10.9. The van der Waals surface area contributed by atoms with Gasteiger partial charge in [-0.1, -0.05) is 12.1 Å². The van der Waals surface area contributed by atoms with Gasteiger partial charge >= 0.3 is 0 Å². The highest BCUT2D eigenvalue weighted by molar-refractivity contribution is 9.10. The Morgan fingerprint density at radius 2 is 2.04 bits per heavy atom. The maximum atomic E-state index is 12.9. The van der Waals surface area contributed by atoms with E-state index in [0.717, 1.165) is 5.56 Å². The number of carbonyl (C=O) groups is 1. The Bertz CT molecular complexity index is 858. The van der Waals surface area contributed by atoms with E-state index < -0.39 is 5.91 Å². The Labute approximate surface area is 152 Å². The molecule has 0 radical (unpaired) electrons. The smallest absolute Gasteiger partial charge is 0.259 e. The molecule has 0 aliphatic rings. The van der Waals surface area contributed by atoms with Crippen LogP contribution in [0.3, 0.4) is 0 Å². The first-order chi connectivity index (χ1) is 11.9. The lowest BCUT2D eigenvalue weighted by Gasteiger charge is -2.14. The van der Waals surface area contributed by atoms with E-state index in [4.69, 9.17) is 20.5 Å². The molecule has 7 heteroatoms. The fraction of sp³-hybridized carbons (Fsp3) is 0.111. The number of halogens is 2. The molecular formula is C18H14BrFN2O3. The Morgan fingerprint density at radius 3 is 2.60 bits per heavy atom. The van der Waals surface area contributed by atoms with Crippen LogP contribution >= 0.6 is 15.9 Å². The predicted molar refractivity (Wildman–Crippen MR) is 94.2 cm³/mol. The predicted octanol–water partition coefficient (Wildman–Crippen LogP) is 3.57. The van der Waals surface area contributed by atoms with Crippen LogP contribution in [-0.2, 0) is 11.4 Å². The summed E-state index contributed by atoms with van der Waals surface area (Å²) < 4.78 is 24.6. The number of hydrogen-bond acceptors (Lipinski definition) is 4. The molecule has 2 aromatic carbocycles. The molecule has 0 atom stereocenters. The van der Waals surface area contributed by atoms with Crippen molar-refractivity contribution in [1.29, 1.82) is 5.26 Å². The highest BCUT2D eigenvalue weighted by atomic mass is 79.9. The van der Waals surface area contributed by atoms with Crippen molar-refractivity contribution in [1.82, 2.24) is 0 Å². The summed E-state index contributed by atoms with van der Waals surface area (Å²) in [6.07, 6.45) is 1.36. The molecule has 0 saturated carbocycles. The second-order valence-electron chi connectivity index (χ2n) is 4.98. The largest absolute Gasteiger partial charge is 0.493 e. The number of primary amides is 1. The second-order valence-corrected chi connectivity index (χ2v) is 5.84. The van der Waals surface area contributed by atoms with Gasteiger partial charge < -0.3 is 15.2 Å². The molecular weight excluding hydrogens is 391 g/mol. The van der Waals surface area contributed by atoms with E-state index in [9.17, 15) is 9.18 Å². The summed E-state index contributed by atoms with van der Waals surface area (Å²) in [4.78, 5) is 11.2. The molecule has 0 aliphatic heterocycles.